The SMILES string of the molecule is O=C(O)CC1(NCc2csc(C(F)(F)F)n2)CCCCC1. The highest BCUT2D eigenvalue weighted by Crippen LogP contribution is 2.33. The van der Waals surface area contributed by atoms with E-state index in [0.717, 1.165) is 32.1 Å². The Hall–Kier alpha value is -1.15. The highest BCUT2D eigenvalue weighted by Gasteiger charge is 2.36. The summed E-state index contributed by atoms with van der Waals surface area (Å²) in [6, 6.07) is 0. The lowest BCUT2D eigenvalue weighted by atomic mass is 9.79. The smallest absolute Gasteiger partial charge is 0.443 e. The van der Waals surface area contributed by atoms with Gasteiger partial charge in [0.1, 0.15) is 0 Å². The third-order valence-electron chi connectivity index (χ3n) is 3.74. The molecule has 0 atom stereocenters. The third-order valence-corrected chi connectivity index (χ3v) is 4.67. The van der Waals surface area contributed by atoms with Crippen molar-refractivity contribution in [1.82, 2.24) is 10.3 Å². The van der Waals surface area contributed by atoms with Gasteiger partial charge in [-0.3, -0.25) is 4.79 Å². The van der Waals surface area contributed by atoms with E-state index < -0.39 is 22.7 Å². The summed E-state index contributed by atoms with van der Waals surface area (Å²) in [6.07, 6.45) is -0.0326. The van der Waals surface area contributed by atoms with Crippen LogP contribution in [0.5, 0.6) is 0 Å². The van der Waals surface area contributed by atoms with Gasteiger partial charge in [-0.25, -0.2) is 4.98 Å². The quantitative estimate of drug-likeness (QED) is 0.872. The summed E-state index contributed by atoms with van der Waals surface area (Å²) < 4.78 is 37.5. The molecular weight excluding hydrogens is 305 g/mol. The van der Waals surface area contributed by atoms with Crippen LogP contribution in [0.4, 0.5) is 13.2 Å². The van der Waals surface area contributed by atoms with Crippen molar-refractivity contribution in [1.29, 1.82) is 0 Å². The zero-order valence-corrected chi connectivity index (χ0v) is 12.2. The molecule has 0 amide bonds. The first kappa shape index (κ1) is 16.2. The highest BCUT2D eigenvalue weighted by molar-refractivity contribution is 7.09. The number of carboxylic acids is 1. The second-order valence-corrected chi connectivity index (χ2v) is 6.26. The van der Waals surface area contributed by atoms with Gasteiger partial charge in [0.2, 0.25) is 0 Å². The Balaban J connectivity index is 2.01. The minimum Gasteiger partial charge on any atom is -0.481 e. The van der Waals surface area contributed by atoms with Gasteiger partial charge in [-0.15, -0.1) is 11.3 Å². The molecule has 1 aliphatic carbocycles. The van der Waals surface area contributed by atoms with E-state index in [1.165, 1.54) is 5.38 Å². The molecule has 0 aromatic carbocycles. The second kappa shape index (κ2) is 6.31. The Labute approximate surface area is 124 Å². The first-order valence-electron chi connectivity index (χ1n) is 6.79. The molecule has 0 unspecified atom stereocenters. The van der Waals surface area contributed by atoms with Crippen molar-refractivity contribution < 1.29 is 23.1 Å². The predicted octanol–water partition coefficient (Wildman–Crippen LogP) is 3.43. The summed E-state index contributed by atoms with van der Waals surface area (Å²) in [5, 5.41) is 12.7. The van der Waals surface area contributed by atoms with Crippen LogP contribution in [0, 0.1) is 0 Å². The van der Waals surface area contributed by atoms with E-state index >= 15 is 0 Å². The molecule has 21 heavy (non-hydrogen) atoms. The lowest BCUT2D eigenvalue weighted by Crippen LogP contribution is -2.48. The van der Waals surface area contributed by atoms with Gasteiger partial charge in [-0.1, -0.05) is 19.3 Å². The van der Waals surface area contributed by atoms with Crippen LogP contribution >= 0.6 is 11.3 Å². The van der Waals surface area contributed by atoms with Gasteiger partial charge in [0, 0.05) is 17.5 Å². The Kier molecular flexibility index (Phi) is 4.88. The molecule has 0 saturated heterocycles. The average Bonchev–Trinajstić information content (AvgIpc) is 2.85. The summed E-state index contributed by atoms with van der Waals surface area (Å²) in [4.78, 5) is 14.6. The van der Waals surface area contributed by atoms with Crippen molar-refractivity contribution in [3.05, 3.63) is 16.1 Å². The molecule has 1 aromatic rings. The zero-order chi connectivity index (χ0) is 15.5. The molecule has 1 aliphatic rings. The van der Waals surface area contributed by atoms with Gasteiger partial charge in [0.15, 0.2) is 5.01 Å². The monoisotopic (exact) mass is 322 g/mol. The number of carbonyl (C=O) groups is 1. The van der Waals surface area contributed by atoms with Crippen LogP contribution in [0.3, 0.4) is 0 Å². The minimum atomic E-state index is -4.42. The fourth-order valence-electron chi connectivity index (χ4n) is 2.73. The van der Waals surface area contributed by atoms with Crippen LogP contribution < -0.4 is 5.32 Å². The van der Waals surface area contributed by atoms with E-state index in [4.69, 9.17) is 5.11 Å². The molecule has 0 spiro atoms. The summed E-state index contributed by atoms with van der Waals surface area (Å²) in [7, 11) is 0. The maximum Gasteiger partial charge on any atom is 0.443 e. The number of thiazole rings is 1. The third kappa shape index (κ3) is 4.41. The van der Waals surface area contributed by atoms with E-state index in [1.807, 2.05) is 0 Å². The second-order valence-electron chi connectivity index (χ2n) is 5.41. The Morgan fingerprint density at radius 3 is 2.57 bits per heavy atom. The van der Waals surface area contributed by atoms with Gasteiger partial charge < -0.3 is 10.4 Å². The average molecular weight is 322 g/mol. The van der Waals surface area contributed by atoms with Gasteiger partial charge in [0.25, 0.3) is 0 Å². The summed E-state index contributed by atoms with van der Waals surface area (Å²) in [5.74, 6) is -0.890. The zero-order valence-electron chi connectivity index (χ0n) is 11.4. The van der Waals surface area contributed by atoms with E-state index in [0.29, 0.717) is 17.0 Å². The number of alkyl halides is 3. The van der Waals surface area contributed by atoms with Gasteiger partial charge in [-0.2, -0.15) is 13.2 Å². The van der Waals surface area contributed by atoms with Crippen LogP contribution in [0.2, 0.25) is 0 Å². The maximum atomic E-state index is 12.5. The largest absolute Gasteiger partial charge is 0.481 e. The normalized spacial score (nSPS) is 18.6. The molecule has 8 heteroatoms. The molecule has 2 N–H and O–H groups in total. The fraction of sp³-hybridized carbons (Fsp3) is 0.692. The number of aliphatic carboxylic acids is 1. The van der Waals surface area contributed by atoms with Gasteiger partial charge >= 0.3 is 12.1 Å². The van der Waals surface area contributed by atoms with Crippen LogP contribution in [0.15, 0.2) is 5.38 Å². The van der Waals surface area contributed by atoms with Crippen LogP contribution in [0.25, 0.3) is 0 Å². The number of rotatable bonds is 5. The van der Waals surface area contributed by atoms with Crippen molar-refractivity contribution in [2.75, 3.05) is 0 Å². The number of nitrogens with zero attached hydrogens (tertiary/aromatic N) is 1. The number of nitrogens with one attached hydrogen (secondary N) is 1. The predicted molar refractivity (Wildman–Crippen MR) is 72.0 cm³/mol. The first-order chi connectivity index (χ1) is 9.81. The molecule has 1 saturated carbocycles. The van der Waals surface area contributed by atoms with Crippen molar-refractivity contribution in [2.45, 2.75) is 56.8 Å². The van der Waals surface area contributed by atoms with Gasteiger partial charge in [0.05, 0.1) is 12.1 Å². The van der Waals surface area contributed by atoms with E-state index in [-0.39, 0.29) is 13.0 Å². The van der Waals surface area contributed by atoms with Crippen LogP contribution in [-0.2, 0) is 17.5 Å². The molecule has 1 aromatic heterocycles. The molecule has 1 fully saturated rings. The Morgan fingerprint density at radius 1 is 1.38 bits per heavy atom. The molecule has 0 bridgehead atoms. The summed E-state index contributed by atoms with van der Waals surface area (Å²) >= 11 is 0.563. The summed E-state index contributed by atoms with van der Waals surface area (Å²) in [6.45, 7) is 0.167. The van der Waals surface area contributed by atoms with E-state index in [2.05, 4.69) is 10.3 Å². The standard InChI is InChI=1S/C13H17F3N2O2S/c14-13(15,16)11-18-9(8-21-11)7-17-12(6-10(19)20)4-2-1-3-5-12/h8,17H,1-7H2,(H,19,20). The number of hydrogen-bond acceptors (Lipinski definition) is 4. The van der Waals surface area contributed by atoms with Gasteiger partial charge in [-0.05, 0) is 12.8 Å². The lowest BCUT2D eigenvalue weighted by molar-refractivity contribution is -0.139. The Bertz CT molecular complexity index is 496. The highest BCUT2D eigenvalue weighted by atomic mass is 32.1. The molecular formula is C13H17F3N2O2S. The molecule has 0 aliphatic heterocycles. The number of carboxylic acid groups (broad SMARTS) is 1. The summed E-state index contributed by atoms with van der Waals surface area (Å²) in [5.41, 5.74) is -0.214. The minimum absolute atomic E-state index is 0.0106. The Morgan fingerprint density at radius 2 is 2.05 bits per heavy atom. The van der Waals surface area contributed by atoms with Crippen molar-refractivity contribution in [3.63, 3.8) is 0 Å². The van der Waals surface area contributed by atoms with E-state index in [1.54, 1.807) is 0 Å². The molecule has 0 radical (unpaired) electrons. The molecule has 118 valence electrons. The van der Waals surface area contributed by atoms with Crippen molar-refractivity contribution >= 4 is 17.3 Å². The fourth-order valence-corrected chi connectivity index (χ4v) is 3.42. The van der Waals surface area contributed by atoms with E-state index in [9.17, 15) is 18.0 Å². The molecule has 1 heterocycles. The topological polar surface area (TPSA) is 62.2 Å². The number of halogens is 3. The van der Waals surface area contributed by atoms with Crippen molar-refractivity contribution in [2.24, 2.45) is 0 Å². The van der Waals surface area contributed by atoms with Crippen LogP contribution in [0.1, 0.15) is 49.2 Å². The first-order valence-corrected chi connectivity index (χ1v) is 7.67. The molecule has 4 nitrogen and oxygen atoms in total. The molecule has 2 rings (SSSR count). The van der Waals surface area contributed by atoms with Crippen molar-refractivity contribution in [3.8, 4) is 0 Å². The lowest BCUT2D eigenvalue weighted by Gasteiger charge is -2.37. The maximum absolute atomic E-state index is 12.5. The number of aromatic nitrogens is 1. The number of hydrogen-bond donors (Lipinski definition) is 2. The van der Waals surface area contributed by atoms with Crippen LogP contribution in [-0.4, -0.2) is 21.6 Å².